The van der Waals surface area contributed by atoms with Crippen LogP contribution in [0.3, 0.4) is 0 Å². The van der Waals surface area contributed by atoms with Gasteiger partial charge in [-0.25, -0.2) is 0 Å². The van der Waals surface area contributed by atoms with E-state index < -0.39 is 0 Å². The van der Waals surface area contributed by atoms with Crippen LogP contribution in [-0.2, 0) is 0 Å². The van der Waals surface area contributed by atoms with Crippen molar-refractivity contribution >= 4 is 10.9 Å². The summed E-state index contributed by atoms with van der Waals surface area (Å²) < 4.78 is 0. The third-order valence-corrected chi connectivity index (χ3v) is 2.36. The van der Waals surface area contributed by atoms with Gasteiger partial charge in [0.1, 0.15) is 0 Å². The number of nitrogens with zero attached hydrogens (tertiary/aromatic N) is 3. The Kier molecular flexibility index (Phi) is 2.58. The van der Waals surface area contributed by atoms with Crippen LogP contribution in [0.25, 0.3) is 21.3 Å². The van der Waals surface area contributed by atoms with Crippen molar-refractivity contribution in [2.24, 2.45) is 10.8 Å². The molecule has 1 atom stereocenters. The molecule has 5 nitrogen and oxygen atoms in total. The number of fused-ring (bicyclic) bond motifs is 1. The Bertz CT molecular complexity index is 509. The number of aromatic nitrogens is 1. The number of hydrogen-bond donors (Lipinski definition) is 2. The largest absolute Gasteiger partial charge is 0.361 e. The Hall–Kier alpha value is -1.97. The molecule has 0 spiro atoms. The van der Waals surface area contributed by atoms with E-state index >= 15 is 0 Å². The second-order valence-electron chi connectivity index (χ2n) is 3.31. The van der Waals surface area contributed by atoms with Crippen LogP contribution in [0.15, 0.2) is 35.6 Å². The van der Waals surface area contributed by atoms with Gasteiger partial charge in [0.2, 0.25) is 0 Å². The van der Waals surface area contributed by atoms with Crippen LogP contribution in [0.1, 0.15) is 11.6 Å². The highest BCUT2D eigenvalue weighted by molar-refractivity contribution is 5.83. The van der Waals surface area contributed by atoms with Gasteiger partial charge in [0.05, 0.1) is 0 Å². The molecule has 1 aromatic carbocycles. The molecule has 0 saturated heterocycles. The van der Waals surface area contributed by atoms with Gasteiger partial charge in [-0.15, -0.1) is 0 Å². The first-order valence-corrected chi connectivity index (χ1v) is 4.65. The van der Waals surface area contributed by atoms with Gasteiger partial charge in [0, 0.05) is 34.6 Å². The summed E-state index contributed by atoms with van der Waals surface area (Å²) in [7, 11) is 0. The van der Waals surface area contributed by atoms with Crippen LogP contribution in [0.4, 0.5) is 0 Å². The van der Waals surface area contributed by atoms with Crippen molar-refractivity contribution in [1.29, 1.82) is 0 Å². The van der Waals surface area contributed by atoms with Gasteiger partial charge in [0.25, 0.3) is 0 Å². The van der Waals surface area contributed by atoms with E-state index in [1.54, 1.807) is 0 Å². The zero-order valence-corrected chi connectivity index (χ0v) is 8.09. The number of aromatic amines is 1. The zero-order valence-electron chi connectivity index (χ0n) is 8.09. The quantitative estimate of drug-likeness (QED) is 0.445. The second-order valence-corrected chi connectivity index (χ2v) is 3.31. The Labute approximate surface area is 86.5 Å². The first-order valence-electron chi connectivity index (χ1n) is 4.65. The molecule has 0 bridgehead atoms. The molecule has 2 rings (SSSR count). The molecule has 1 heterocycles. The molecular formula is C10H11N5. The number of nitrogens with two attached hydrogens (primary N) is 1. The third kappa shape index (κ3) is 1.79. The van der Waals surface area contributed by atoms with Gasteiger partial charge >= 0.3 is 0 Å². The minimum atomic E-state index is -0.253. The fourth-order valence-corrected chi connectivity index (χ4v) is 1.62. The maximum absolute atomic E-state index is 8.22. The normalized spacial score (nSPS) is 12.3. The number of H-pyrrole nitrogens is 1. The van der Waals surface area contributed by atoms with Crippen molar-refractivity contribution < 1.29 is 0 Å². The van der Waals surface area contributed by atoms with E-state index in [1.807, 2.05) is 30.5 Å². The van der Waals surface area contributed by atoms with Crippen molar-refractivity contribution in [3.8, 4) is 0 Å². The Morgan fingerprint density at radius 1 is 1.47 bits per heavy atom. The van der Waals surface area contributed by atoms with E-state index in [0.717, 1.165) is 16.5 Å². The predicted molar refractivity (Wildman–Crippen MR) is 59.2 cm³/mol. The average molecular weight is 201 g/mol. The highest BCUT2D eigenvalue weighted by Crippen LogP contribution is 2.22. The molecule has 0 radical (unpaired) electrons. The summed E-state index contributed by atoms with van der Waals surface area (Å²) in [6.07, 6.45) is 1.86. The summed E-state index contributed by atoms with van der Waals surface area (Å²) >= 11 is 0. The van der Waals surface area contributed by atoms with E-state index in [4.69, 9.17) is 11.3 Å². The molecule has 1 aromatic heterocycles. The first-order chi connectivity index (χ1) is 7.33. The van der Waals surface area contributed by atoms with E-state index in [0.29, 0.717) is 0 Å². The van der Waals surface area contributed by atoms with Crippen LogP contribution in [0.5, 0.6) is 0 Å². The van der Waals surface area contributed by atoms with Crippen molar-refractivity contribution in [3.63, 3.8) is 0 Å². The smallest absolute Gasteiger partial charge is 0.0457 e. The summed E-state index contributed by atoms with van der Waals surface area (Å²) in [5, 5.41) is 4.56. The second kappa shape index (κ2) is 4.04. The molecule has 3 N–H and O–H groups in total. The van der Waals surface area contributed by atoms with Gasteiger partial charge in [-0.1, -0.05) is 23.3 Å². The van der Waals surface area contributed by atoms with Crippen LogP contribution in [0.2, 0.25) is 0 Å². The summed E-state index contributed by atoms with van der Waals surface area (Å²) in [5.74, 6) is 0. The summed E-state index contributed by atoms with van der Waals surface area (Å²) in [6.45, 7) is 0.276. The molecule has 0 aliphatic rings. The van der Waals surface area contributed by atoms with Crippen LogP contribution in [-0.4, -0.2) is 11.5 Å². The molecule has 0 amide bonds. The Morgan fingerprint density at radius 2 is 2.27 bits per heavy atom. The first kappa shape index (κ1) is 9.58. The predicted octanol–water partition coefficient (Wildman–Crippen LogP) is 2.48. The lowest BCUT2D eigenvalue weighted by atomic mass is 10.1. The number of hydrogen-bond acceptors (Lipinski definition) is 2. The van der Waals surface area contributed by atoms with E-state index in [1.165, 1.54) is 0 Å². The molecule has 0 saturated carbocycles. The van der Waals surface area contributed by atoms with Gasteiger partial charge in [-0.05, 0) is 17.2 Å². The Balaban J connectivity index is 2.39. The molecule has 15 heavy (non-hydrogen) atoms. The molecule has 0 unspecified atom stereocenters. The lowest BCUT2D eigenvalue weighted by Gasteiger charge is -2.06. The minimum Gasteiger partial charge on any atom is -0.361 e. The van der Waals surface area contributed by atoms with Crippen molar-refractivity contribution in [1.82, 2.24) is 4.98 Å². The van der Waals surface area contributed by atoms with Gasteiger partial charge in [-0.2, -0.15) is 0 Å². The lowest BCUT2D eigenvalue weighted by molar-refractivity contribution is 0.739. The van der Waals surface area contributed by atoms with Crippen LogP contribution < -0.4 is 5.73 Å². The summed E-state index contributed by atoms with van der Waals surface area (Å²) in [4.78, 5) is 5.83. The van der Waals surface area contributed by atoms with Crippen molar-refractivity contribution in [2.75, 3.05) is 6.54 Å². The Morgan fingerprint density at radius 3 is 3.07 bits per heavy atom. The molecule has 0 aliphatic carbocycles. The molecule has 2 aromatic rings. The maximum atomic E-state index is 8.22. The number of azide groups is 1. The van der Waals surface area contributed by atoms with Gasteiger partial charge in [0.15, 0.2) is 0 Å². The highest BCUT2D eigenvalue weighted by atomic mass is 15.1. The molecule has 0 fully saturated rings. The fourth-order valence-electron chi connectivity index (χ4n) is 1.62. The zero-order chi connectivity index (χ0) is 10.7. The number of para-hydroxylation sites is 1. The van der Waals surface area contributed by atoms with Crippen LogP contribution in [0, 0.1) is 0 Å². The summed E-state index contributed by atoms with van der Waals surface area (Å²) in [6, 6.07) is 7.65. The van der Waals surface area contributed by atoms with Crippen molar-refractivity contribution in [2.45, 2.75) is 6.04 Å². The fraction of sp³-hybridized carbons (Fsp3) is 0.200. The number of benzene rings is 1. The summed E-state index contributed by atoms with van der Waals surface area (Å²) in [5.41, 5.74) is 16.2. The standard InChI is InChI=1S/C10H11N5/c11-9(6-14-15-12)8-5-13-10-4-2-1-3-7(8)10/h1-5,9,13H,6,11H2/t9-/m0/s1. The molecule has 0 aliphatic heterocycles. The van der Waals surface area contributed by atoms with E-state index in [-0.39, 0.29) is 12.6 Å². The molecule has 5 heteroatoms. The minimum absolute atomic E-state index is 0.253. The highest BCUT2D eigenvalue weighted by Gasteiger charge is 2.09. The van der Waals surface area contributed by atoms with Crippen LogP contribution >= 0.6 is 0 Å². The molecular weight excluding hydrogens is 190 g/mol. The van der Waals surface area contributed by atoms with Crippen molar-refractivity contribution in [3.05, 3.63) is 46.5 Å². The monoisotopic (exact) mass is 201 g/mol. The molecule has 76 valence electrons. The van der Waals surface area contributed by atoms with E-state index in [9.17, 15) is 0 Å². The average Bonchev–Trinajstić information content (AvgIpc) is 2.69. The number of rotatable bonds is 3. The van der Waals surface area contributed by atoms with E-state index in [2.05, 4.69) is 15.0 Å². The number of nitrogens with one attached hydrogen (secondary N) is 1. The maximum Gasteiger partial charge on any atom is 0.0457 e. The topological polar surface area (TPSA) is 90.6 Å². The van der Waals surface area contributed by atoms with Gasteiger partial charge < -0.3 is 10.7 Å². The van der Waals surface area contributed by atoms with Gasteiger partial charge in [-0.3, -0.25) is 0 Å². The lowest BCUT2D eigenvalue weighted by Crippen LogP contribution is -2.12. The third-order valence-electron chi connectivity index (χ3n) is 2.36. The SMILES string of the molecule is [N-]=[N+]=NC[C@H](N)c1c[nH]c2ccccc12.